The molecule has 0 aliphatic heterocycles. The molecule has 5 heteroatoms. The van der Waals surface area contributed by atoms with Crippen LogP contribution in [0.2, 0.25) is 0 Å². The van der Waals surface area contributed by atoms with Crippen LogP contribution in [0.3, 0.4) is 0 Å². The zero-order valence-electron chi connectivity index (χ0n) is 10.0. The van der Waals surface area contributed by atoms with Gasteiger partial charge >= 0.3 is 12.0 Å². The molecule has 0 aromatic carbocycles. The fourth-order valence-corrected chi connectivity index (χ4v) is 2.34. The lowest BCUT2D eigenvalue weighted by Crippen LogP contribution is -2.36. The maximum atomic E-state index is 5.48. The first-order chi connectivity index (χ1) is 7.66. The molecule has 0 saturated heterocycles. The predicted molar refractivity (Wildman–Crippen MR) is 63.2 cm³/mol. The van der Waals surface area contributed by atoms with Gasteiger partial charge in [0, 0.05) is 12.6 Å². The van der Waals surface area contributed by atoms with E-state index in [1.807, 2.05) is 0 Å². The van der Waals surface area contributed by atoms with Crippen molar-refractivity contribution < 1.29 is 4.42 Å². The summed E-state index contributed by atoms with van der Waals surface area (Å²) in [4.78, 5) is 2.22. The highest BCUT2D eigenvalue weighted by Crippen LogP contribution is 2.28. The van der Waals surface area contributed by atoms with Gasteiger partial charge in [-0.2, -0.15) is 0 Å². The molecule has 1 fully saturated rings. The third-order valence-electron chi connectivity index (χ3n) is 3.00. The van der Waals surface area contributed by atoms with Gasteiger partial charge in [-0.05, 0) is 18.8 Å². The molecule has 1 saturated carbocycles. The van der Waals surface area contributed by atoms with Gasteiger partial charge in [0.1, 0.15) is 0 Å². The molecule has 5 nitrogen and oxygen atoms in total. The molecule has 2 rings (SSSR count). The molecule has 0 atom stereocenters. The Morgan fingerprint density at radius 2 is 2.06 bits per heavy atom. The van der Waals surface area contributed by atoms with Crippen LogP contribution in [0, 0.1) is 5.92 Å². The van der Waals surface area contributed by atoms with Crippen molar-refractivity contribution in [3.8, 4) is 0 Å². The smallest absolute Gasteiger partial charge is 0.319 e. The largest absolute Gasteiger partial charge is 0.390 e. The minimum atomic E-state index is 0.154. The number of nitrogen functional groups attached to an aromatic ring is 1. The first kappa shape index (κ1) is 11.2. The van der Waals surface area contributed by atoms with E-state index in [2.05, 4.69) is 28.9 Å². The van der Waals surface area contributed by atoms with E-state index in [1.165, 1.54) is 25.7 Å². The average molecular weight is 224 g/mol. The van der Waals surface area contributed by atoms with Gasteiger partial charge < -0.3 is 15.1 Å². The van der Waals surface area contributed by atoms with Gasteiger partial charge in [-0.15, -0.1) is 0 Å². The summed E-state index contributed by atoms with van der Waals surface area (Å²) in [5, 5.41) is 7.73. The van der Waals surface area contributed by atoms with E-state index in [-0.39, 0.29) is 6.01 Å². The first-order valence-electron chi connectivity index (χ1n) is 6.02. The molecular formula is C11H20N4O. The van der Waals surface area contributed by atoms with Crippen LogP contribution in [0.25, 0.3) is 0 Å². The third kappa shape index (κ3) is 2.46. The SMILES string of the molecule is CC(C)CN(c1nnc(N)o1)C1CCCC1. The Bertz CT molecular complexity index is 330. The van der Waals surface area contributed by atoms with Gasteiger partial charge in [0.25, 0.3) is 0 Å². The number of aromatic nitrogens is 2. The molecule has 0 spiro atoms. The van der Waals surface area contributed by atoms with Gasteiger partial charge in [-0.25, -0.2) is 0 Å². The van der Waals surface area contributed by atoms with Crippen molar-refractivity contribution in [1.29, 1.82) is 0 Å². The molecule has 0 amide bonds. The highest BCUT2D eigenvalue weighted by Gasteiger charge is 2.26. The highest BCUT2D eigenvalue weighted by molar-refractivity contribution is 5.30. The summed E-state index contributed by atoms with van der Waals surface area (Å²) < 4.78 is 5.34. The maximum absolute atomic E-state index is 5.48. The molecule has 0 unspecified atom stereocenters. The van der Waals surface area contributed by atoms with Crippen molar-refractivity contribution in [3.63, 3.8) is 0 Å². The standard InChI is InChI=1S/C11H20N4O/c1-8(2)7-15(9-5-3-4-6-9)11-14-13-10(12)16-11/h8-9H,3-7H2,1-2H3,(H2,12,13). The minimum absolute atomic E-state index is 0.154. The fourth-order valence-electron chi connectivity index (χ4n) is 2.34. The van der Waals surface area contributed by atoms with Gasteiger partial charge in [0.05, 0.1) is 0 Å². The first-order valence-corrected chi connectivity index (χ1v) is 6.02. The lowest BCUT2D eigenvalue weighted by atomic mass is 10.1. The normalized spacial score (nSPS) is 17.2. The van der Waals surface area contributed by atoms with Crippen LogP contribution in [0.5, 0.6) is 0 Å². The third-order valence-corrected chi connectivity index (χ3v) is 3.00. The Labute approximate surface area is 96.0 Å². The van der Waals surface area contributed by atoms with Crippen molar-refractivity contribution >= 4 is 12.0 Å². The van der Waals surface area contributed by atoms with Gasteiger partial charge in [0.15, 0.2) is 0 Å². The average Bonchev–Trinajstić information content (AvgIpc) is 2.84. The second-order valence-corrected chi connectivity index (χ2v) is 4.91. The number of anilines is 2. The zero-order valence-corrected chi connectivity index (χ0v) is 10.0. The van der Waals surface area contributed by atoms with Crippen LogP contribution in [-0.2, 0) is 0 Å². The highest BCUT2D eigenvalue weighted by atomic mass is 16.4. The van der Waals surface area contributed by atoms with Crippen LogP contribution in [0.1, 0.15) is 39.5 Å². The van der Waals surface area contributed by atoms with Crippen LogP contribution in [0.4, 0.5) is 12.0 Å². The Morgan fingerprint density at radius 1 is 1.38 bits per heavy atom. The van der Waals surface area contributed by atoms with E-state index < -0.39 is 0 Å². The van der Waals surface area contributed by atoms with E-state index in [9.17, 15) is 0 Å². The van der Waals surface area contributed by atoms with Gasteiger partial charge in [0.2, 0.25) is 0 Å². The minimum Gasteiger partial charge on any atom is -0.390 e. The van der Waals surface area contributed by atoms with Crippen LogP contribution >= 0.6 is 0 Å². The number of nitrogens with two attached hydrogens (primary N) is 1. The van der Waals surface area contributed by atoms with Crippen molar-refractivity contribution in [2.75, 3.05) is 17.2 Å². The fraction of sp³-hybridized carbons (Fsp3) is 0.818. The molecular weight excluding hydrogens is 204 g/mol. The van der Waals surface area contributed by atoms with Gasteiger partial charge in [-0.1, -0.05) is 36.9 Å². The molecule has 1 heterocycles. The zero-order chi connectivity index (χ0) is 11.5. The number of nitrogens with zero attached hydrogens (tertiary/aromatic N) is 3. The Morgan fingerprint density at radius 3 is 2.56 bits per heavy atom. The molecule has 16 heavy (non-hydrogen) atoms. The van der Waals surface area contributed by atoms with Crippen LogP contribution < -0.4 is 10.6 Å². The Hall–Kier alpha value is -1.26. The van der Waals surface area contributed by atoms with Crippen molar-refractivity contribution in [2.24, 2.45) is 5.92 Å². The van der Waals surface area contributed by atoms with E-state index in [0.717, 1.165) is 6.54 Å². The number of rotatable bonds is 4. The summed E-state index contributed by atoms with van der Waals surface area (Å²) in [7, 11) is 0. The Kier molecular flexibility index (Phi) is 3.31. The van der Waals surface area contributed by atoms with Crippen LogP contribution in [0.15, 0.2) is 4.42 Å². The van der Waals surface area contributed by atoms with E-state index in [4.69, 9.17) is 10.2 Å². The molecule has 0 radical (unpaired) electrons. The number of hydrogen-bond donors (Lipinski definition) is 1. The molecule has 1 aliphatic carbocycles. The Balaban J connectivity index is 2.13. The molecule has 1 aliphatic rings. The van der Waals surface area contributed by atoms with Crippen molar-refractivity contribution in [2.45, 2.75) is 45.6 Å². The predicted octanol–water partition coefficient (Wildman–Crippen LogP) is 2.06. The quantitative estimate of drug-likeness (QED) is 0.847. The van der Waals surface area contributed by atoms with E-state index in [1.54, 1.807) is 0 Å². The van der Waals surface area contributed by atoms with Crippen molar-refractivity contribution in [3.05, 3.63) is 0 Å². The second-order valence-electron chi connectivity index (χ2n) is 4.91. The molecule has 1 aromatic rings. The molecule has 2 N–H and O–H groups in total. The molecule has 1 aromatic heterocycles. The van der Waals surface area contributed by atoms with Crippen molar-refractivity contribution in [1.82, 2.24) is 10.2 Å². The second kappa shape index (κ2) is 4.72. The monoisotopic (exact) mass is 224 g/mol. The maximum Gasteiger partial charge on any atom is 0.319 e. The van der Waals surface area contributed by atoms with E-state index in [0.29, 0.717) is 18.0 Å². The molecule has 0 bridgehead atoms. The lowest BCUT2D eigenvalue weighted by Gasteiger charge is -2.28. The number of hydrogen-bond acceptors (Lipinski definition) is 5. The van der Waals surface area contributed by atoms with E-state index >= 15 is 0 Å². The van der Waals surface area contributed by atoms with Crippen LogP contribution in [-0.4, -0.2) is 22.8 Å². The summed E-state index contributed by atoms with van der Waals surface area (Å²) in [6.07, 6.45) is 5.02. The van der Waals surface area contributed by atoms with Gasteiger partial charge in [-0.3, -0.25) is 0 Å². The summed E-state index contributed by atoms with van der Waals surface area (Å²) in [5.74, 6) is 0.578. The summed E-state index contributed by atoms with van der Waals surface area (Å²) in [5.41, 5.74) is 5.48. The summed E-state index contributed by atoms with van der Waals surface area (Å²) in [6.45, 7) is 5.34. The molecule has 90 valence electrons. The lowest BCUT2D eigenvalue weighted by molar-refractivity contribution is 0.469. The topological polar surface area (TPSA) is 68.2 Å². The summed E-state index contributed by atoms with van der Waals surface area (Å²) in [6, 6.07) is 1.28. The summed E-state index contributed by atoms with van der Waals surface area (Å²) >= 11 is 0.